The highest BCUT2D eigenvalue weighted by Gasteiger charge is 2.26. The average molecular weight is 300 g/mol. The van der Waals surface area contributed by atoms with Gasteiger partial charge in [0.15, 0.2) is 0 Å². The van der Waals surface area contributed by atoms with Crippen LogP contribution >= 0.6 is 23.1 Å². The fraction of sp³-hybridized carbons (Fsp3) is 0.188. The van der Waals surface area contributed by atoms with E-state index in [1.165, 1.54) is 30.6 Å². The lowest BCUT2D eigenvalue weighted by atomic mass is 9.99. The molecule has 0 amide bonds. The summed E-state index contributed by atoms with van der Waals surface area (Å²) in [6, 6.07) is 12.7. The number of carbonyl (C=O) groups is 1. The average Bonchev–Trinajstić information content (AvgIpc) is 2.85. The van der Waals surface area contributed by atoms with E-state index in [2.05, 4.69) is 36.4 Å². The first kappa shape index (κ1) is 12.2. The summed E-state index contributed by atoms with van der Waals surface area (Å²) >= 11 is 3.52. The Bertz CT molecular complexity index is 835. The molecule has 1 atom stereocenters. The Morgan fingerprint density at radius 2 is 2.00 bits per heavy atom. The summed E-state index contributed by atoms with van der Waals surface area (Å²) in [6.07, 6.45) is 0.655. The van der Waals surface area contributed by atoms with Crippen LogP contribution < -0.4 is 0 Å². The van der Waals surface area contributed by atoms with Gasteiger partial charge < -0.3 is 5.11 Å². The van der Waals surface area contributed by atoms with Gasteiger partial charge in [-0.1, -0.05) is 30.3 Å². The molecule has 1 N–H and O–H groups in total. The number of carboxylic acid groups (broad SMARTS) is 1. The van der Waals surface area contributed by atoms with Crippen LogP contribution in [0.2, 0.25) is 0 Å². The molecule has 0 spiro atoms. The van der Waals surface area contributed by atoms with E-state index >= 15 is 0 Å². The first-order chi connectivity index (χ1) is 9.74. The van der Waals surface area contributed by atoms with Gasteiger partial charge in [-0.25, -0.2) is 0 Å². The van der Waals surface area contributed by atoms with Crippen LogP contribution in [0.1, 0.15) is 5.56 Å². The minimum absolute atomic E-state index is 0.251. The third-order valence-corrected chi connectivity index (χ3v) is 6.48. The monoisotopic (exact) mass is 300 g/mol. The van der Waals surface area contributed by atoms with Gasteiger partial charge in [0.2, 0.25) is 0 Å². The Kier molecular flexibility index (Phi) is 2.75. The van der Waals surface area contributed by atoms with Crippen LogP contribution in [0.3, 0.4) is 0 Å². The van der Waals surface area contributed by atoms with E-state index in [9.17, 15) is 9.90 Å². The number of fused-ring (bicyclic) bond motifs is 5. The molecule has 0 fully saturated rings. The van der Waals surface area contributed by atoms with Gasteiger partial charge in [0.25, 0.3) is 0 Å². The Balaban J connectivity index is 1.94. The van der Waals surface area contributed by atoms with Gasteiger partial charge in [0.05, 0.1) is 5.92 Å². The number of benzene rings is 2. The molecule has 100 valence electrons. The fourth-order valence-electron chi connectivity index (χ4n) is 2.79. The highest BCUT2D eigenvalue weighted by Crippen LogP contribution is 2.44. The SMILES string of the molecule is O=C(O)C1CSc2c(ccc3c2sc2ccccc23)C1. The second kappa shape index (κ2) is 4.50. The molecule has 1 aromatic heterocycles. The Labute approximate surface area is 124 Å². The van der Waals surface area contributed by atoms with E-state index in [4.69, 9.17) is 0 Å². The molecular formula is C16H12O2S2. The topological polar surface area (TPSA) is 37.3 Å². The molecule has 0 aliphatic carbocycles. The third kappa shape index (κ3) is 1.75. The normalized spacial score (nSPS) is 18.3. The second-order valence-electron chi connectivity index (χ2n) is 5.08. The summed E-state index contributed by atoms with van der Waals surface area (Å²) in [5.41, 5.74) is 1.19. The number of carboxylic acids is 1. The zero-order valence-corrected chi connectivity index (χ0v) is 12.3. The number of hydrogen-bond donors (Lipinski definition) is 1. The minimum atomic E-state index is -0.681. The lowest BCUT2D eigenvalue weighted by Crippen LogP contribution is -2.22. The van der Waals surface area contributed by atoms with Crippen LogP contribution in [-0.2, 0) is 11.2 Å². The maximum atomic E-state index is 11.2. The van der Waals surface area contributed by atoms with Gasteiger partial charge in [0, 0.05) is 30.8 Å². The molecule has 1 unspecified atom stereocenters. The summed E-state index contributed by atoms with van der Waals surface area (Å²) in [5, 5.41) is 11.8. The Morgan fingerprint density at radius 3 is 2.85 bits per heavy atom. The molecule has 0 bridgehead atoms. The molecule has 4 rings (SSSR count). The number of thioether (sulfide) groups is 1. The van der Waals surface area contributed by atoms with Crippen LogP contribution in [0.25, 0.3) is 20.2 Å². The van der Waals surface area contributed by atoms with E-state index in [1.807, 2.05) is 11.3 Å². The van der Waals surface area contributed by atoms with E-state index in [0.29, 0.717) is 12.2 Å². The van der Waals surface area contributed by atoms with Crippen molar-refractivity contribution in [2.75, 3.05) is 5.75 Å². The van der Waals surface area contributed by atoms with E-state index < -0.39 is 5.97 Å². The van der Waals surface area contributed by atoms with E-state index in [1.54, 1.807) is 11.8 Å². The second-order valence-corrected chi connectivity index (χ2v) is 7.16. The molecule has 4 heteroatoms. The molecule has 1 aliphatic rings. The standard InChI is InChI=1S/C16H12O2S2/c17-16(18)10-7-9-5-6-12-11-3-1-2-4-13(11)20-15(12)14(9)19-8-10/h1-6,10H,7-8H2,(H,17,18). The zero-order valence-electron chi connectivity index (χ0n) is 10.6. The largest absolute Gasteiger partial charge is 0.481 e. The summed E-state index contributed by atoms with van der Waals surface area (Å²) < 4.78 is 2.62. The first-order valence-corrected chi connectivity index (χ1v) is 8.33. The summed E-state index contributed by atoms with van der Waals surface area (Å²) in [7, 11) is 0. The molecule has 0 saturated heterocycles. The van der Waals surface area contributed by atoms with Crippen LogP contribution in [0.15, 0.2) is 41.3 Å². The van der Waals surface area contributed by atoms with Crippen LogP contribution in [0.5, 0.6) is 0 Å². The minimum Gasteiger partial charge on any atom is -0.481 e. The van der Waals surface area contributed by atoms with Crippen molar-refractivity contribution in [3.8, 4) is 0 Å². The van der Waals surface area contributed by atoms with Crippen LogP contribution in [-0.4, -0.2) is 16.8 Å². The van der Waals surface area contributed by atoms with Gasteiger partial charge in [-0.3, -0.25) is 4.79 Å². The van der Waals surface area contributed by atoms with Crippen molar-refractivity contribution >= 4 is 49.2 Å². The molecule has 1 aliphatic heterocycles. The van der Waals surface area contributed by atoms with Gasteiger partial charge >= 0.3 is 5.97 Å². The summed E-state index contributed by atoms with van der Waals surface area (Å²) in [6.45, 7) is 0. The molecule has 20 heavy (non-hydrogen) atoms. The van der Waals surface area contributed by atoms with Gasteiger partial charge in [0.1, 0.15) is 0 Å². The Hall–Kier alpha value is -1.52. The van der Waals surface area contributed by atoms with Crippen molar-refractivity contribution in [2.24, 2.45) is 5.92 Å². The highest BCUT2D eigenvalue weighted by molar-refractivity contribution is 7.99. The van der Waals surface area contributed by atoms with E-state index in [0.717, 1.165) is 0 Å². The number of thiophene rings is 1. The molecule has 0 radical (unpaired) electrons. The van der Waals surface area contributed by atoms with Crippen molar-refractivity contribution in [2.45, 2.75) is 11.3 Å². The molecule has 0 saturated carbocycles. The maximum absolute atomic E-state index is 11.2. The van der Waals surface area contributed by atoms with Crippen molar-refractivity contribution in [3.63, 3.8) is 0 Å². The molecule has 3 aromatic rings. The predicted molar refractivity (Wildman–Crippen MR) is 84.9 cm³/mol. The lowest BCUT2D eigenvalue weighted by molar-refractivity contribution is -0.140. The third-order valence-electron chi connectivity index (χ3n) is 3.83. The number of aliphatic carboxylic acids is 1. The first-order valence-electron chi connectivity index (χ1n) is 6.53. The fourth-order valence-corrected chi connectivity index (χ4v) is 5.46. The van der Waals surface area contributed by atoms with Crippen LogP contribution in [0.4, 0.5) is 0 Å². The van der Waals surface area contributed by atoms with Crippen LogP contribution in [0, 0.1) is 5.92 Å². The van der Waals surface area contributed by atoms with Crippen molar-refractivity contribution in [1.82, 2.24) is 0 Å². The van der Waals surface area contributed by atoms with E-state index in [-0.39, 0.29) is 5.92 Å². The van der Waals surface area contributed by atoms with Crippen molar-refractivity contribution < 1.29 is 9.90 Å². The smallest absolute Gasteiger partial charge is 0.307 e. The predicted octanol–water partition coefficient (Wildman–Crippen LogP) is 4.40. The van der Waals surface area contributed by atoms with Gasteiger partial charge in [-0.05, 0) is 18.1 Å². The highest BCUT2D eigenvalue weighted by atomic mass is 32.2. The molecular weight excluding hydrogens is 288 g/mol. The molecule has 2 heterocycles. The number of rotatable bonds is 1. The summed E-state index contributed by atoms with van der Waals surface area (Å²) in [5.74, 6) is -0.255. The molecule has 2 nitrogen and oxygen atoms in total. The Morgan fingerprint density at radius 1 is 1.15 bits per heavy atom. The maximum Gasteiger partial charge on any atom is 0.307 e. The zero-order chi connectivity index (χ0) is 13.7. The van der Waals surface area contributed by atoms with Gasteiger partial charge in [-0.15, -0.1) is 23.1 Å². The molecule has 2 aromatic carbocycles. The lowest BCUT2D eigenvalue weighted by Gasteiger charge is -2.21. The van der Waals surface area contributed by atoms with Crippen molar-refractivity contribution in [3.05, 3.63) is 42.0 Å². The summed E-state index contributed by atoms with van der Waals surface area (Å²) in [4.78, 5) is 12.5. The van der Waals surface area contributed by atoms with Crippen molar-refractivity contribution in [1.29, 1.82) is 0 Å². The van der Waals surface area contributed by atoms with Gasteiger partial charge in [-0.2, -0.15) is 0 Å². The number of hydrogen-bond acceptors (Lipinski definition) is 3. The quantitative estimate of drug-likeness (QED) is 0.723.